The number of ether oxygens (including phenoxy) is 2. The van der Waals surface area contributed by atoms with Gasteiger partial charge in [0.25, 0.3) is 0 Å². The Bertz CT molecular complexity index is 996. The standard InChI is InChI=1S/C27H35N3O3/c1-6-10-16-28-20(5)26-29-24(8-3)23(19-22-15-12-11-14-21(22)13-7-2)27(30-26)33-18-17-32-25(31)9-4/h6,10-12,14-16H,5,7-9,13,17-19H2,1-4H3/b10-6-,28-16?. The summed E-state index contributed by atoms with van der Waals surface area (Å²) in [6, 6.07) is 8.44. The van der Waals surface area contributed by atoms with Gasteiger partial charge in [0.2, 0.25) is 5.88 Å². The molecule has 2 aromatic rings. The average Bonchev–Trinajstić information content (AvgIpc) is 2.83. The Morgan fingerprint density at radius 2 is 1.88 bits per heavy atom. The molecule has 0 unspecified atom stereocenters. The first-order valence-corrected chi connectivity index (χ1v) is 11.6. The lowest BCUT2D eigenvalue weighted by atomic mass is 9.96. The second-order valence-corrected chi connectivity index (χ2v) is 7.50. The number of rotatable bonds is 13. The lowest BCUT2D eigenvalue weighted by Crippen LogP contribution is -2.15. The summed E-state index contributed by atoms with van der Waals surface area (Å²) >= 11 is 0. The van der Waals surface area contributed by atoms with Gasteiger partial charge in [-0.15, -0.1) is 0 Å². The Kier molecular flexibility index (Phi) is 11.0. The van der Waals surface area contributed by atoms with E-state index in [1.807, 2.05) is 19.1 Å². The minimum Gasteiger partial charge on any atom is -0.474 e. The fraction of sp³-hybridized carbons (Fsp3) is 0.407. The average molecular weight is 450 g/mol. The molecule has 0 radical (unpaired) electrons. The number of allylic oxidation sites excluding steroid dienone is 2. The van der Waals surface area contributed by atoms with Crippen LogP contribution in [-0.2, 0) is 28.8 Å². The van der Waals surface area contributed by atoms with Crippen molar-refractivity contribution in [2.24, 2.45) is 4.99 Å². The van der Waals surface area contributed by atoms with Gasteiger partial charge in [-0.3, -0.25) is 9.79 Å². The van der Waals surface area contributed by atoms with Crippen molar-refractivity contribution in [1.29, 1.82) is 0 Å². The van der Waals surface area contributed by atoms with E-state index in [4.69, 9.17) is 14.5 Å². The van der Waals surface area contributed by atoms with E-state index in [-0.39, 0.29) is 19.2 Å². The summed E-state index contributed by atoms with van der Waals surface area (Å²) in [5.41, 5.74) is 4.85. The van der Waals surface area contributed by atoms with Crippen molar-refractivity contribution in [2.75, 3.05) is 13.2 Å². The molecule has 1 heterocycles. The number of benzene rings is 1. The number of nitrogens with zero attached hydrogens (tertiary/aromatic N) is 3. The van der Waals surface area contributed by atoms with Crippen LogP contribution in [0.25, 0.3) is 5.70 Å². The maximum Gasteiger partial charge on any atom is 0.305 e. The van der Waals surface area contributed by atoms with E-state index in [1.165, 1.54) is 11.1 Å². The van der Waals surface area contributed by atoms with Crippen molar-refractivity contribution in [3.63, 3.8) is 0 Å². The van der Waals surface area contributed by atoms with E-state index < -0.39 is 0 Å². The molecule has 1 aromatic heterocycles. The monoisotopic (exact) mass is 449 g/mol. The molecule has 6 heteroatoms. The van der Waals surface area contributed by atoms with Gasteiger partial charge < -0.3 is 9.47 Å². The molecule has 2 rings (SSSR count). The van der Waals surface area contributed by atoms with Gasteiger partial charge in [0.1, 0.15) is 18.9 Å². The zero-order valence-electron chi connectivity index (χ0n) is 20.3. The van der Waals surface area contributed by atoms with Crippen molar-refractivity contribution in [3.8, 4) is 5.88 Å². The van der Waals surface area contributed by atoms with Crippen LogP contribution in [0.15, 0.2) is 48.0 Å². The Morgan fingerprint density at radius 1 is 1.12 bits per heavy atom. The normalized spacial score (nSPS) is 11.3. The van der Waals surface area contributed by atoms with Crippen LogP contribution < -0.4 is 4.74 Å². The van der Waals surface area contributed by atoms with E-state index in [0.29, 0.717) is 36.7 Å². The van der Waals surface area contributed by atoms with Crippen LogP contribution in [-0.4, -0.2) is 35.4 Å². The molecule has 0 spiro atoms. The highest BCUT2D eigenvalue weighted by Gasteiger charge is 2.18. The van der Waals surface area contributed by atoms with E-state index in [0.717, 1.165) is 24.1 Å². The summed E-state index contributed by atoms with van der Waals surface area (Å²) < 4.78 is 11.2. The molecule has 0 bridgehead atoms. The van der Waals surface area contributed by atoms with Crippen molar-refractivity contribution >= 4 is 17.9 Å². The molecule has 0 aliphatic heterocycles. The maximum atomic E-state index is 11.5. The van der Waals surface area contributed by atoms with E-state index in [2.05, 4.69) is 54.7 Å². The van der Waals surface area contributed by atoms with Gasteiger partial charge in [0.15, 0.2) is 5.82 Å². The van der Waals surface area contributed by atoms with Gasteiger partial charge >= 0.3 is 5.97 Å². The number of carbonyl (C=O) groups is 1. The minimum absolute atomic E-state index is 0.166. The molecule has 0 N–H and O–H groups in total. The molecule has 0 aliphatic rings. The third-order valence-corrected chi connectivity index (χ3v) is 5.04. The molecule has 0 saturated carbocycles. The number of aliphatic imine (C=N–C) groups is 1. The molecule has 0 amide bonds. The topological polar surface area (TPSA) is 73.7 Å². The second kappa shape index (κ2) is 14.0. The van der Waals surface area contributed by atoms with Crippen LogP contribution in [0, 0.1) is 0 Å². The molecular formula is C27H35N3O3. The summed E-state index contributed by atoms with van der Waals surface area (Å²) in [6.07, 6.45) is 9.17. The highest BCUT2D eigenvalue weighted by Crippen LogP contribution is 2.27. The number of hydrogen-bond donors (Lipinski definition) is 0. The molecule has 6 nitrogen and oxygen atoms in total. The molecule has 176 valence electrons. The first-order valence-electron chi connectivity index (χ1n) is 11.6. The molecule has 33 heavy (non-hydrogen) atoms. The zero-order valence-corrected chi connectivity index (χ0v) is 20.3. The summed E-state index contributed by atoms with van der Waals surface area (Å²) in [7, 11) is 0. The quantitative estimate of drug-likeness (QED) is 0.228. The predicted molar refractivity (Wildman–Crippen MR) is 134 cm³/mol. The number of hydrogen-bond acceptors (Lipinski definition) is 6. The smallest absolute Gasteiger partial charge is 0.305 e. The van der Waals surface area contributed by atoms with Crippen LogP contribution >= 0.6 is 0 Å². The summed E-state index contributed by atoms with van der Waals surface area (Å²) in [6.45, 7) is 12.3. The third kappa shape index (κ3) is 7.97. The fourth-order valence-electron chi connectivity index (χ4n) is 3.33. The van der Waals surface area contributed by atoms with Gasteiger partial charge in [-0.25, -0.2) is 4.98 Å². The maximum absolute atomic E-state index is 11.5. The molecule has 0 saturated heterocycles. The van der Waals surface area contributed by atoms with Crippen LogP contribution in [0.4, 0.5) is 0 Å². The summed E-state index contributed by atoms with van der Waals surface area (Å²) in [5.74, 6) is 0.661. The Balaban J connectivity index is 2.42. The number of esters is 1. The van der Waals surface area contributed by atoms with Crippen LogP contribution in [0.2, 0.25) is 0 Å². The van der Waals surface area contributed by atoms with Crippen LogP contribution in [0.1, 0.15) is 68.7 Å². The van der Waals surface area contributed by atoms with Gasteiger partial charge in [-0.05, 0) is 37.0 Å². The molecule has 1 aromatic carbocycles. The molecular weight excluding hydrogens is 414 g/mol. The van der Waals surface area contributed by atoms with Crippen molar-refractivity contribution in [1.82, 2.24) is 9.97 Å². The van der Waals surface area contributed by atoms with Gasteiger partial charge in [0.05, 0.1) is 5.69 Å². The number of carbonyl (C=O) groups excluding carboxylic acids is 1. The van der Waals surface area contributed by atoms with E-state index >= 15 is 0 Å². The Labute approximate surface area is 197 Å². The highest BCUT2D eigenvalue weighted by molar-refractivity contribution is 5.78. The van der Waals surface area contributed by atoms with Gasteiger partial charge in [0, 0.05) is 24.6 Å². The molecule has 0 atom stereocenters. The lowest BCUT2D eigenvalue weighted by molar-refractivity contribution is -0.143. The van der Waals surface area contributed by atoms with Crippen molar-refractivity contribution in [3.05, 3.63) is 71.2 Å². The summed E-state index contributed by atoms with van der Waals surface area (Å²) in [5, 5.41) is 0. The third-order valence-electron chi connectivity index (χ3n) is 5.04. The minimum atomic E-state index is -0.253. The van der Waals surface area contributed by atoms with Gasteiger partial charge in [-0.1, -0.05) is 64.1 Å². The van der Waals surface area contributed by atoms with Gasteiger partial charge in [-0.2, -0.15) is 4.98 Å². The van der Waals surface area contributed by atoms with Crippen molar-refractivity contribution < 1.29 is 14.3 Å². The molecule has 0 aliphatic carbocycles. The predicted octanol–water partition coefficient (Wildman–Crippen LogP) is 5.53. The van der Waals surface area contributed by atoms with E-state index in [9.17, 15) is 4.79 Å². The lowest BCUT2D eigenvalue weighted by Gasteiger charge is -2.17. The fourth-order valence-corrected chi connectivity index (χ4v) is 3.33. The highest BCUT2D eigenvalue weighted by atomic mass is 16.6. The Hall–Kier alpha value is -3.28. The second-order valence-electron chi connectivity index (χ2n) is 7.50. The largest absolute Gasteiger partial charge is 0.474 e. The SMILES string of the molecule is C=C(N=C/C=C\C)c1nc(CC)c(Cc2ccccc2CCC)c(OCCOC(=O)CC)n1. The summed E-state index contributed by atoms with van der Waals surface area (Å²) in [4.78, 5) is 25.2. The zero-order chi connectivity index (χ0) is 24.1. The Morgan fingerprint density at radius 3 is 2.55 bits per heavy atom. The number of aryl methyl sites for hydroxylation is 2. The van der Waals surface area contributed by atoms with Crippen LogP contribution in [0.5, 0.6) is 5.88 Å². The van der Waals surface area contributed by atoms with E-state index in [1.54, 1.807) is 13.1 Å². The first-order chi connectivity index (χ1) is 16.0. The van der Waals surface area contributed by atoms with Crippen molar-refractivity contribution in [2.45, 2.75) is 59.8 Å². The first kappa shape index (κ1) is 26.0. The number of aromatic nitrogens is 2. The van der Waals surface area contributed by atoms with Crippen LogP contribution in [0.3, 0.4) is 0 Å². The molecule has 0 fully saturated rings.